The number of carbonyl (C=O) groups is 2. The number of nitrogens with one attached hydrogen (secondary N) is 1. The van der Waals surface area contributed by atoms with Crippen molar-refractivity contribution in [3.63, 3.8) is 0 Å². The van der Waals surface area contributed by atoms with E-state index in [-0.39, 0.29) is 18.3 Å². The van der Waals surface area contributed by atoms with Gasteiger partial charge >= 0.3 is 0 Å². The second-order valence-corrected chi connectivity index (χ2v) is 7.67. The van der Waals surface area contributed by atoms with Crippen LogP contribution < -0.4 is 14.8 Å². The second kappa shape index (κ2) is 9.06. The van der Waals surface area contributed by atoms with Crippen molar-refractivity contribution in [2.24, 2.45) is 0 Å². The summed E-state index contributed by atoms with van der Waals surface area (Å²) in [6, 6.07) is 10.5. The third-order valence-electron chi connectivity index (χ3n) is 3.96. The topological polar surface area (TPSA) is 67.9 Å². The van der Waals surface area contributed by atoms with Gasteiger partial charge in [-0.25, -0.2) is 4.39 Å². The fourth-order valence-electron chi connectivity index (χ4n) is 2.46. The maximum absolute atomic E-state index is 12.9. The zero-order valence-corrected chi connectivity index (χ0v) is 17.2. The highest BCUT2D eigenvalue weighted by Crippen LogP contribution is 2.34. The number of halogens is 1. The molecule has 2 amide bonds. The summed E-state index contributed by atoms with van der Waals surface area (Å²) < 4.78 is 24.3. The first-order chi connectivity index (χ1) is 13.9. The second-order valence-electron chi connectivity index (χ2n) is 5.99. The van der Waals surface area contributed by atoms with Gasteiger partial charge in [0.1, 0.15) is 10.1 Å². The summed E-state index contributed by atoms with van der Waals surface area (Å²) >= 11 is 6.35. The van der Waals surface area contributed by atoms with E-state index in [2.05, 4.69) is 5.32 Å². The Kier molecular flexibility index (Phi) is 6.50. The summed E-state index contributed by atoms with van der Waals surface area (Å²) in [5.74, 6) is -0.140. The normalized spacial score (nSPS) is 15.0. The van der Waals surface area contributed by atoms with Crippen LogP contribution in [0.25, 0.3) is 6.08 Å². The van der Waals surface area contributed by atoms with E-state index in [1.165, 1.54) is 48.0 Å². The van der Waals surface area contributed by atoms with Crippen LogP contribution in [0.3, 0.4) is 0 Å². The van der Waals surface area contributed by atoms with Crippen LogP contribution in [-0.2, 0) is 9.59 Å². The van der Waals surface area contributed by atoms with Crippen molar-refractivity contribution in [1.82, 2.24) is 4.90 Å². The van der Waals surface area contributed by atoms with Gasteiger partial charge in [0.15, 0.2) is 18.1 Å². The number of anilines is 1. The molecule has 150 valence electrons. The van der Waals surface area contributed by atoms with Crippen LogP contribution in [0, 0.1) is 5.82 Å². The van der Waals surface area contributed by atoms with Crippen molar-refractivity contribution < 1.29 is 23.5 Å². The Morgan fingerprint density at radius 2 is 1.97 bits per heavy atom. The average Bonchev–Trinajstić information content (AvgIpc) is 2.95. The third-order valence-corrected chi connectivity index (χ3v) is 5.44. The molecule has 0 saturated carbocycles. The van der Waals surface area contributed by atoms with E-state index in [1.54, 1.807) is 31.3 Å². The van der Waals surface area contributed by atoms with Gasteiger partial charge in [-0.2, -0.15) is 0 Å². The molecule has 1 heterocycles. The van der Waals surface area contributed by atoms with E-state index in [1.807, 2.05) is 0 Å². The van der Waals surface area contributed by atoms with Gasteiger partial charge in [0.05, 0.1) is 12.0 Å². The Morgan fingerprint density at radius 3 is 2.59 bits per heavy atom. The van der Waals surface area contributed by atoms with E-state index in [4.69, 9.17) is 21.7 Å². The molecule has 9 heteroatoms. The van der Waals surface area contributed by atoms with Crippen molar-refractivity contribution in [1.29, 1.82) is 0 Å². The van der Waals surface area contributed by atoms with Crippen LogP contribution in [0.1, 0.15) is 5.56 Å². The van der Waals surface area contributed by atoms with Crippen molar-refractivity contribution in [3.8, 4) is 11.5 Å². The van der Waals surface area contributed by atoms with Crippen LogP contribution in [0.5, 0.6) is 11.5 Å². The van der Waals surface area contributed by atoms with Crippen molar-refractivity contribution >= 4 is 51.9 Å². The van der Waals surface area contributed by atoms with E-state index in [0.717, 1.165) is 5.56 Å². The van der Waals surface area contributed by atoms with Crippen LogP contribution in [0.2, 0.25) is 0 Å². The van der Waals surface area contributed by atoms with Crippen LogP contribution in [0.15, 0.2) is 47.4 Å². The average molecular weight is 432 g/mol. The first-order valence-electron chi connectivity index (χ1n) is 8.45. The van der Waals surface area contributed by atoms with Gasteiger partial charge in [-0.1, -0.05) is 30.0 Å². The zero-order chi connectivity index (χ0) is 21.0. The molecule has 3 rings (SSSR count). The number of thiocarbonyl (C=S) groups is 1. The standard InChI is InChI=1S/C20H17FN2O4S2/c1-23-19(25)17(29-20(23)28)10-12-3-8-15(16(9-12)26-2)27-11-18(24)22-14-6-4-13(21)5-7-14/h3-10H,11H2,1-2H3,(H,22,24)/b17-10-. The summed E-state index contributed by atoms with van der Waals surface area (Å²) in [7, 11) is 3.11. The summed E-state index contributed by atoms with van der Waals surface area (Å²) in [6.45, 7) is -0.248. The summed E-state index contributed by atoms with van der Waals surface area (Å²) in [5, 5.41) is 2.61. The molecule has 1 saturated heterocycles. The monoisotopic (exact) mass is 432 g/mol. The van der Waals surface area contributed by atoms with Gasteiger partial charge in [-0.3, -0.25) is 14.5 Å². The maximum Gasteiger partial charge on any atom is 0.265 e. The van der Waals surface area contributed by atoms with E-state index < -0.39 is 5.91 Å². The van der Waals surface area contributed by atoms with Gasteiger partial charge in [0.25, 0.3) is 11.8 Å². The Bertz CT molecular complexity index is 992. The third kappa shape index (κ3) is 5.12. The predicted octanol–water partition coefficient (Wildman–Crippen LogP) is 3.68. The number of hydrogen-bond acceptors (Lipinski definition) is 6. The van der Waals surface area contributed by atoms with Crippen LogP contribution >= 0.6 is 24.0 Å². The molecule has 0 aromatic heterocycles. The SMILES string of the molecule is COc1cc(/C=C2\SC(=S)N(C)C2=O)ccc1OCC(=O)Nc1ccc(F)cc1. The molecular formula is C20H17FN2O4S2. The minimum absolute atomic E-state index is 0.156. The van der Waals surface area contributed by atoms with E-state index in [9.17, 15) is 14.0 Å². The first kappa shape index (κ1) is 20.8. The molecule has 0 bridgehead atoms. The predicted molar refractivity (Wildman–Crippen MR) is 114 cm³/mol. The zero-order valence-electron chi connectivity index (χ0n) is 15.6. The molecule has 1 aliphatic heterocycles. The first-order valence-corrected chi connectivity index (χ1v) is 9.67. The van der Waals surface area contributed by atoms with Gasteiger partial charge in [0, 0.05) is 12.7 Å². The number of hydrogen-bond donors (Lipinski definition) is 1. The molecule has 0 aliphatic carbocycles. The van der Waals surface area contributed by atoms with Gasteiger partial charge < -0.3 is 14.8 Å². The number of methoxy groups -OCH3 is 1. The molecule has 0 radical (unpaired) electrons. The molecule has 1 aliphatic rings. The highest BCUT2D eigenvalue weighted by Gasteiger charge is 2.28. The summed E-state index contributed by atoms with van der Waals surface area (Å²) in [5.41, 5.74) is 1.20. The van der Waals surface area contributed by atoms with Gasteiger partial charge in [0.2, 0.25) is 0 Å². The Labute approximate surface area is 176 Å². The van der Waals surface area contributed by atoms with Crippen molar-refractivity contribution in [3.05, 3.63) is 58.8 Å². The number of thioether (sulfide) groups is 1. The van der Waals surface area contributed by atoms with E-state index in [0.29, 0.717) is 26.4 Å². The van der Waals surface area contributed by atoms with Crippen LogP contribution in [0.4, 0.5) is 10.1 Å². The largest absolute Gasteiger partial charge is 0.493 e. The highest BCUT2D eigenvalue weighted by atomic mass is 32.2. The molecule has 0 unspecified atom stereocenters. The summed E-state index contributed by atoms with van der Waals surface area (Å²) in [4.78, 5) is 26.1. The van der Waals surface area contributed by atoms with Crippen molar-refractivity contribution in [2.45, 2.75) is 0 Å². The minimum atomic E-state index is -0.394. The lowest BCUT2D eigenvalue weighted by atomic mass is 10.2. The molecule has 29 heavy (non-hydrogen) atoms. The quantitative estimate of drug-likeness (QED) is 0.555. The Morgan fingerprint density at radius 1 is 1.24 bits per heavy atom. The molecule has 1 N–H and O–H groups in total. The fourth-order valence-corrected chi connectivity index (χ4v) is 3.64. The van der Waals surface area contributed by atoms with E-state index >= 15 is 0 Å². The van der Waals surface area contributed by atoms with Gasteiger partial charge in [-0.15, -0.1) is 0 Å². The smallest absolute Gasteiger partial charge is 0.265 e. The van der Waals surface area contributed by atoms with Crippen LogP contribution in [-0.4, -0.2) is 41.8 Å². The Balaban J connectivity index is 1.66. The lowest BCUT2D eigenvalue weighted by molar-refractivity contribution is -0.121. The molecule has 0 atom stereocenters. The number of rotatable bonds is 6. The minimum Gasteiger partial charge on any atom is -0.493 e. The summed E-state index contributed by atoms with van der Waals surface area (Å²) in [6.07, 6.45) is 1.72. The van der Waals surface area contributed by atoms with Gasteiger partial charge in [-0.05, 0) is 48.0 Å². The number of amides is 2. The lowest BCUT2D eigenvalue weighted by Gasteiger charge is -2.12. The molecule has 6 nitrogen and oxygen atoms in total. The molecular weight excluding hydrogens is 415 g/mol. The van der Waals surface area contributed by atoms with Crippen molar-refractivity contribution in [2.75, 3.05) is 26.1 Å². The molecule has 2 aromatic carbocycles. The molecule has 0 spiro atoms. The number of ether oxygens (including phenoxy) is 2. The fraction of sp³-hybridized carbons (Fsp3) is 0.150. The highest BCUT2D eigenvalue weighted by molar-refractivity contribution is 8.26. The molecule has 2 aromatic rings. The maximum atomic E-state index is 12.9. The number of nitrogens with zero attached hydrogens (tertiary/aromatic N) is 1. The number of likely N-dealkylation sites (N-methyl/N-ethyl adjacent to an activating group) is 1. The number of carbonyl (C=O) groups excluding carboxylic acids is 2. The Hall–Kier alpha value is -2.91. The lowest BCUT2D eigenvalue weighted by Crippen LogP contribution is -2.22. The number of benzene rings is 2. The molecule has 1 fully saturated rings.